The van der Waals surface area contributed by atoms with Crippen LogP contribution in [0.2, 0.25) is 0 Å². The minimum absolute atomic E-state index is 0.0546. The lowest BCUT2D eigenvalue weighted by Gasteiger charge is -2.23. The molecule has 0 radical (unpaired) electrons. The number of methoxy groups -OCH3 is 1. The summed E-state index contributed by atoms with van der Waals surface area (Å²) >= 11 is 0. The van der Waals surface area contributed by atoms with E-state index in [9.17, 15) is 9.59 Å². The van der Waals surface area contributed by atoms with Crippen LogP contribution in [0.1, 0.15) is 33.3 Å². The molecule has 1 N–H and O–H groups in total. The molecule has 1 atom stereocenters. The van der Waals surface area contributed by atoms with Crippen molar-refractivity contribution in [2.75, 3.05) is 17.3 Å². The molecule has 2 heterocycles. The lowest BCUT2D eigenvalue weighted by molar-refractivity contribution is 0.0981. The van der Waals surface area contributed by atoms with E-state index >= 15 is 0 Å². The number of hydrogen-bond donors (Lipinski definition) is 1. The van der Waals surface area contributed by atoms with Gasteiger partial charge in [-0.25, -0.2) is 0 Å². The van der Waals surface area contributed by atoms with Gasteiger partial charge in [-0.1, -0.05) is 30.3 Å². The Morgan fingerprint density at radius 2 is 1.86 bits per heavy atom. The summed E-state index contributed by atoms with van der Waals surface area (Å²) in [6.45, 7) is 2.02. The number of hydrogen-bond acceptors (Lipinski definition) is 4. The average Bonchev–Trinajstić information content (AvgIpc) is 3.09. The molecule has 29 heavy (non-hydrogen) atoms. The molecule has 1 aliphatic rings. The summed E-state index contributed by atoms with van der Waals surface area (Å²) in [6, 6.07) is 18.2. The van der Waals surface area contributed by atoms with Crippen molar-refractivity contribution < 1.29 is 14.3 Å². The molecule has 1 aliphatic heterocycles. The lowest BCUT2D eigenvalue weighted by Crippen LogP contribution is -2.35. The van der Waals surface area contributed by atoms with Gasteiger partial charge >= 0.3 is 0 Å². The third-order valence-corrected chi connectivity index (χ3v) is 5.02. The van der Waals surface area contributed by atoms with E-state index in [0.29, 0.717) is 17.0 Å². The number of aromatic nitrogens is 1. The summed E-state index contributed by atoms with van der Waals surface area (Å²) in [4.78, 5) is 31.8. The molecule has 0 saturated carbocycles. The second-order valence-electron chi connectivity index (χ2n) is 6.94. The van der Waals surface area contributed by atoms with E-state index in [4.69, 9.17) is 4.74 Å². The number of pyridine rings is 1. The van der Waals surface area contributed by atoms with E-state index in [-0.39, 0.29) is 17.6 Å². The van der Waals surface area contributed by atoms with Crippen LogP contribution >= 0.6 is 0 Å². The molecule has 6 nitrogen and oxygen atoms in total. The fourth-order valence-electron chi connectivity index (χ4n) is 3.64. The average molecular weight is 387 g/mol. The summed E-state index contributed by atoms with van der Waals surface area (Å²) < 4.78 is 5.26. The Morgan fingerprint density at radius 1 is 1.10 bits per heavy atom. The molecular weight excluding hydrogens is 366 g/mol. The summed E-state index contributed by atoms with van der Waals surface area (Å²) in [6.07, 6.45) is 2.30. The molecule has 1 unspecified atom stereocenters. The first kappa shape index (κ1) is 18.7. The number of anilines is 2. The van der Waals surface area contributed by atoms with Crippen molar-refractivity contribution in [2.45, 2.75) is 19.4 Å². The van der Waals surface area contributed by atoms with Crippen LogP contribution in [-0.2, 0) is 6.42 Å². The molecule has 0 saturated heterocycles. The minimum atomic E-state index is -0.404. The Balaban J connectivity index is 1.59. The van der Waals surface area contributed by atoms with Crippen molar-refractivity contribution in [2.24, 2.45) is 0 Å². The molecular formula is C23H21N3O3. The van der Waals surface area contributed by atoms with Crippen LogP contribution in [0.5, 0.6) is 5.75 Å². The van der Waals surface area contributed by atoms with Gasteiger partial charge < -0.3 is 15.0 Å². The smallest absolute Gasteiger partial charge is 0.274 e. The SMILES string of the molecule is COc1ccccc1NC(=O)c1cc(C(=O)N2c3ccccc3CC2C)ccn1. The Hall–Kier alpha value is -3.67. The highest BCUT2D eigenvalue weighted by Gasteiger charge is 2.31. The topological polar surface area (TPSA) is 71.5 Å². The van der Waals surface area contributed by atoms with E-state index in [2.05, 4.69) is 10.3 Å². The zero-order valence-electron chi connectivity index (χ0n) is 16.3. The van der Waals surface area contributed by atoms with Gasteiger partial charge in [-0.05, 0) is 49.2 Å². The fraction of sp³-hybridized carbons (Fsp3) is 0.174. The van der Waals surface area contributed by atoms with Gasteiger partial charge in [0.1, 0.15) is 11.4 Å². The molecule has 0 aliphatic carbocycles. The van der Waals surface area contributed by atoms with Crippen molar-refractivity contribution in [3.8, 4) is 5.75 Å². The van der Waals surface area contributed by atoms with Crippen LogP contribution in [-0.4, -0.2) is 29.9 Å². The van der Waals surface area contributed by atoms with Crippen molar-refractivity contribution >= 4 is 23.2 Å². The van der Waals surface area contributed by atoms with E-state index in [1.54, 1.807) is 29.2 Å². The van der Waals surface area contributed by atoms with Crippen LogP contribution in [0.15, 0.2) is 66.9 Å². The van der Waals surface area contributed by atoms with Crippen molar-refractivity contribution in [1.29, 1.82) is 0 Å². The maximum Gasteiger partial charge on any atom is 0.274 e. The number of nitrogens with zero attached hydrogens (tertiary/aromatic N) is 2. The Bertz CT molecular complexity index is 1080. The van der Waals surface area contributed by atoms with Crippen molar-refractivity contribution in [3.63, 3.8) is 0 Å². The highest BCUT2D eigenvalue weighted by molar-refractivity contribution is 6.10. The van der Waals surface area contributed by atoms with Gasteiger partial charge in [-0.15, -0.1) is 0 Å². The summed E-state index contributed by atoms with van der Waals surface area (Å²) in [5, 5.41) is 2.79. The number of fused-ring (bicyclic) bond motifs is 1. The van der Waals surface area contributed by atoms with Gasteiger partial charge in [0, 0.05) is 23.5 Å². The van der Waals surface area contributed by atoms with E-state index in [0.717, 1.165) is 17.7 Å². The summed E-state index contributed by atoms with van der Waals surface area (Å²) in [5.41, 5.74) is 3.20. The Labute approximate surface area is 169 Å². The number of nitrogens with one attached hydrogen (secondary N) is 1. The first-order valence-corrected chi connectivity index (χ1v) is 9.40. The van der Waals surface area contributed by atoms with Crippen molar-refractivity contribution in [3.05, 3.63) is 83.7 Å². The molecule has 3 aromatic rings. The number of carbonyl (C=O) groups excluding carboxylic acids is 2. The molecule has 0 fully saturated rings. The normalized spacial score (nSPS) is 15.0. The molecule has 1 aromatic heterocycles. The number of ether oxygens (including phenoxy) is 1. The molecule has 146 valence electrons. The third-order valence-electron chi connectivity index (χ3n) is 5.02. The minimum Gasteiger partial charge on any atom is -0.495 e. The largest absolute Gasteiger partial charge is 0.495 e. The highest BCUT2D eigenvalue weighted by atomic mass is 16.5. The van der Waals surface area contributed by atoms with Gasteiger partial charge in [0.2, 0.25) is 0 Å². The Kier molecular flexibility index (Phi) is 4.99. The van der Waals surface area contributed by atoms with Gasteiger partial charge in [0.15, 0.2) is 0 Å². The maximum atomic E-state index is 13.2. The zero-order chi connectivity index (χ0) is 20.4. The van der Waals surface area contributed by atoms with Gasteiger partial charge in [-0.3, -0.25) is 14.6 Å². The number of rotatable bonds is 4. The molecule has 2 aromatic carbocycles. The molecule has 0 spiro atoms. The van der Waals surface area contributed by atoms with Crippen LogP contribution in [0.4, 0.5) is 11.4 Å². The molecule has 2 amide bonds. The number of carbonyl (C=O) groups is 2. The standard InChI is InChI=1S/C23H21N3O3/c1-15-13-16-7-3-5-9-20(16)26(15)23(28)17-11-12-24-19(14-17)22(27)25-18-8-4-6-10-21(18)29-2/h3-12,14-15H,13H2,1-2H3,(H,25,27). The first-order chi connectivity index (χ1) is 14.1. The van der Waals surface area contributed by atoms with E-state index in [1.165, 1.54) is 19.4 Å². The number of benzene rings is 2. The quantitative estimate of drug-likeness (QED) is 0.736. The fourth-order valence-corrected chi connectivity index (χ4v) is 3.64. The number of para-hydroxylation sites is 3. The van der Waals surface area contributed by atoms with Crippen LogP contribution in [0.25, 0.3) is 0 Å². The Morgan fingerprint density at radius 3 is 2.69 bits per heavy atom. The predicted octanol–water partition coefficient (Wildman–Crippen LogP) is 3.93. The number of amides is 2. The highest BCUT2D eigenvalue weighted by Crippen LogP contribution is 2.33. The third kappa shape index (κ3) is 3.57. The van der Waals surface area contributed by atoms with E-state index < -0.39 is 5.91 Å². The van der Waals surface area contributed by atoms with Gasteiger partial charge in [0.05, 0.1) is 12.8 Å². The second-order valence-corrected chi connectivity index (χ2v) is 6.94. The molecule has 0 bridgehead atoms. The van der Waals surface area contributed by atoms with Crippen molar-refractivity contribution in [1.82, 2.24) is 4.98 Å². The molecule has 4 rings (SSSR count). The lowest BCUT2D eigenvalue weighted by atomic mass is 10.1. The predicted molar refractivity (Wildman–Crippen MR) is 112 cm³/mol. The second kappa shape index (κ2) is 7.75. The van der Waals surface area contributed by atoms with Crippen LogP contribution in [0.3, 0.4) is 0 Å². The monoisotopic (exact) mass is 387 g/mol. The molecule has 6 heteroatoms. The maximum absolute atomic E-state index is 13.2. The van der Waals surface area contributed by atoms with E-state index in [1.807, 2.05) is 37.3 Å². The van der Waals surface area contributed by atoms with Gasteiger partial charge in [0.25, 0.3) is 11.8 Å². The van der Waals surface area contributed by atoms with Crippen LogP contribution in [0, 0.1) is 0 Å². The first-order valence-electron chi connectivity index (χ1n) is 9.40. The van der Waals surface area contributed by atoms with Gasteiger partial charge in [-0.2, -0.15) is 0 Å². The summed E-state index contributed by atoms with van der Waals surface area (Å²) in [7, 11) is 1.54. The summed E-state index contributed by atoms with van der Waals surface area (Å²) in [5.74, 6) is 0.00536. The van der Waals surface area contributed by atoms with Crippen LogP contribution < -0.4 is 15.0 Å². The zero-order valence-corrected chi connectivity index (χ0v) is 16.3.